The van der Waals surface area contributed by atoms with Crippen molar-refractivity contribution in [3.05, 3.63) is 29.8 Å². The van der Waals surface area contributed by atoms with E-state index < -0.39 is 4.87 Å². The molecule has 1 saturated heterocycles. The zero-order valence-electron chi connectivity index (χ0n) is 8.76. The maximum absolute atomic E-state index is 12.3. The molecule has 2 aliphatic rings. The van der Waals surface area contributed by atoms with Crippen LogP contribution in [0, 0.1) is 0 Å². The van der Waals surface area contributed by atoms with Crippen molar-refractivity contribution in [2.24, 2.45) is 4.99 Å². The van der Waals surface area contributed by atoms with E-state index in [1.165, 1.54) is 0 Å². The van der Waals surface area contributed by atoms with Gasteiger partial charge in [-0.05, 0) is 25.0 Å². The van der Waals surface area contributed by atoms with E-state index in [4.69, 9.17) is 0 Å². The molecule has 0 aliphatic carbocycles. The molecule has 1 unspecified atom stereocenters. The number of carbonyl (C=O) groups excluding carboxylic acids is 1. The molecular formula is C12H12N2OS. The lowest BCUT2D eigenvalue weighted by Gasteiger charge is -2.29. The number of aliphatic imine (C=N–C) groups is 1. The van der Waals surface area contributed by atoms with Crippen molar-refractivity contribution >= 4 is 30.4 Å². The summed E-state index contributed by atoms with van der Waals surface area (Å²) in [6, 6.07) is 7.45. The Balaban J connectivity index is 2.16. The lowest BCUT2D eigenvalue weighted by atomic mass is 10.1. The van der Waals surface area contributed by atoms with Gasteiger partial charge in [0, 0.05) is 12.8 Å². The average molecular weight is 232 g/mol. The third kappa shape index (κ3) is 1.29. The molecule has 2 heterocycles. The van der Waals surface area contributed by atoms with Crippen molar-refractivity contribution < 1.29 is 4.79 Å². The molecule has 1 aromatic rings. The minimum atomic E-state index is -0.490. The van der Waals surface area contributed by atoms with Crippen LogP contribution in [0.5, 0.6) is 0 Å². The lowest BCUT2D eigenvalue weighted by molar-refractivity contribution is 0.0759. The van der Waals surface area contributed by atoms with Crippen LogP contribution in [0.3, 0.4) is 0 Å². The van der Waals surface area contributed by atoms with Gasteiger partial charge in [-0.3, -0.25) is 9.79 Å². The molecule has 16 heavy (non-hydrogen) atoms. The highest BCUT2D eigenvalue weighted by Crippen LogP contribution is 2.37. The van der Waals surface area contributed by atoms with Gasteiger partial charge in [-0.15, -0.1) is 12.6 Å². The summed E-state index contributed by atoms with van der Waals surface area (Å²) in [6.45, 7) is 0.767. The minimum absolute atomic E-state index is 0.0422. The highest BCUT2D eigenvalue weighted by atomic mass is 32.1. The molecule has 3 nitrogen and oxygen atoms in total. The number of thiol groups is 1. The molecule has 2 aliphatic heterocycles. The predicted octanol–water partition coefficient (Wildman–Crippen LogP) is 2.26. The summed E-state index contributed by atoms with van der Waals surface area (Å²) in [5, 5.41) is 0. The number of hydrogen-bond acceptors (Lipinski definition) is 3. The first-order valence-corrected chi connectivity index (χ1v) is 5.84. The number of hydrogen-bond donors (Lipinski definition) is 1. The first-order valence-electron chi connectivity index (χ1n) is 5.39. The minimum Gasteiger partial charge on any atom is -0.319 e. The quantitative estimate of drug-likeness (QED) is 0.684. The van der Waals surface area contributed by atoms with Gasteiger partial charge in [0.25, 0.3) is 5.91 Å². The van der Waals surface area contributed by atoms with Gasteiger partial charge in [0.1, 0.15) is 4.87 Å². The van der Waals surface area contributed by atoms with Crippen LogP contribution in [-0.2, 0) is 0 Å². The third-order valence-electron chi connectivity index (χ3n) is 3.18. The highest BCUT2D eigenvalue weighted by Gasteiger charge is 2.41. The Hall–Kier alpha value is -1.29. The molecular weight excluding hydrogens is 220 g/mol. The second kappa shape index (κ2) is 3.35. The van der Waals surface area contributed by atoms with Gasteiger partial charge in [0.2, 0.25) is 0 Å². The molecule has 1 amide bonds. The maximum Gasteiger partial charge on any atom is 0.257 e. The van der Waals surface area contributed by atoms with E-state index in [1.807, 2.05) is 29.2 Å². The van der Waals surface area contributed by atoms with Gasteiger partial charge in [0.05, 0.1) is 11.3 Å². The standard InChI is InChI=1S/C12H12N2OS/c15-11-9-4-1-2-5-10(9)13-8-12(16)6-3-7-14(11)12/h1-2,4-5,8,16H,3,6-7H2. The van der Waals surface area contributed by atoms with Crippen molar-refractivity contribution in [1.82, 2.24) is 4.90 Å². The van der Waals surface area contributed by atoms with E-state index in [0.29, 0.717) is 5.56 Å². The van der Waals surface area contributed by atoms with Crippen molar-refractivity contribution in [2.75, 3.05) is 6.54 Å². The molecule has 4 heteroatoms. The van der Waals surface area contributed by atoms with Gasteiger partial charge >= 0.3 is 0 Å². The van der Waals surface area contributed by atoms with Crippen molar-refractivity contribution in [2.45, 2.75) is 17.7 Å². The van der Waals surface area contributed by atoms with Crippen LogP contribution in [0.2, 0.25) is 0 Å². The molecule has 0 bridgehead atoms. The Morgan fingerprint density at radius 3 is 3.06 bits per heavy atom. The normalized spacial score (nSPS) is 27.6. The fourth-order valence-electron chi connectivity index (χ4n) is 2.32. The summed E-state index contributed by atoms with van der Waals surface area (Å²) >= 11 is 4.60. The molecule has 1 aromatic carbocycles. The smallest absolute Gasteiger partial charge is 0.257 e. The monoisotopic (exact) mass is 232 g/mol. The van der Waals surface area contributed by atoms with Gasteiger partial charge in [0.15, 0.2) is 0 Å². The number of benzene rings is 1. The molecule has 0 spiro atoms. The summed E-state index contributed by atoms with van der Waals surface area (Å²) in [5.74, 6) is 0.0422. The summed E-state index contributed by atoms with van der Waals surface area (Å²) < 4.78 is 0. The molecule has 0 radical (unpaired) electrons. The van der Waals surface area contributed by atoms with Crippen LogP contribution in [-0.4, -0.2) is 28.4 Å². The van der Waals surface area contributed by atoms with Crippen LogP contribution >= 0.6 is 12.6 Å². The van der Waals surface area contributed by atoms with Crippen LogP contribution < -0.4 is 0 Å². The molecule has 1 atom stereocenters. The number of para-hydroxylation sites is 1. The number of fused-ring (bicyclic) bond motifs is 2. The summed E-state index contributed by atoms with van der Waals surface area (Å²) in [5.41, 5.74) is 1.42. The maximum atomic E-state index is 12.3. The van der Waals surface area contributed by atoms with Crippen LogP contribution in [0.1, 0.15) is 23.2 Å². The van der Waals surface area contributed by atoms with E-state index in [9.17, 15) is 4.79 Å². The second-order valence-electron chi connectivity index (χ2n) is 4.21. The van der Waals surface area contributed by atoms with Gasteiger partial charge in [-0.1, -0.05) is 12.1 Å². The summed E-state index contributed by atoms with van der Waals surface area (Å²) in [4.78, 5) is 18.0. The fraction of sp³-hybridized carbons (Fsp3) is 0.333. The van der Waals surface area contributed by atoms with Gasteiger partial charge in [-0.2, -0.15) is 0 Å². The lowest BCUT2D eigenvalue weighted by Crippen LogP contribution is -2.43. The Labute approximate surface area is 99.6 Å². The zero-order chi connectivity index (χ0) is 11.2. The first kappa shape index (κ1) is 9.90. The third-order valence-corrected chi connectivity index (χ3v) is 3.76. The van der Waals surface area contributed by atoms with Crippen LogP contribution in [0.25, 0.3) is 0 Å². The Morgan fingerprint density at radius 1 is 1.38 bits per heavy atom. The molecule has 0 N–H and O–H groups in total. The zero-order valence-corrected chi connectivity index (χ0v) is 9.65. The Morgan fingerprint density at radius 2 is 2.19 bits per heavy atom. The van der Waals surface area contributed by atoms with E-state index in [1.54, 1.807) is 6.21 Å². The Kier molecular flexibility index (Phi) is 2.07. The fourth-order valence-corrected chi connectivity index (χ4v) is 2.73. The SMILES string of the molecule is O=C1c2ccccc2N=CC2(S)CCCN12. The Bertz CT molecular complexity index is 486. The van der Waals surface area contributed by atoms with E-state index in [2.05, 4.69) is 17.6 Å². The van der Waals surface area contributed by atoms with Gasteiger partial charge < -0.3 is 4.90 Å². The topological polar surface area (TPSA) is 32.7 Å². The number of amides is 1. The van der Waals surface area contributed by atoms with Crippen molar-refractivity contribution in [3.8, 4) is 0 Å². The molecule has 0 aromatic heterocycles. The van der Waals surface area contributed by atoms with Gasteiger partial charge in [-0.25, -0.2) is 0 Å². The summed E-state index contributed by atoms with van der Waals surface area (Å²) in [6.07, 6.45) is 3.66. The van der Waals surface area contributed by atoms with Crippen molar-refractivity contribution in [3.63, 3.8) is 0 Å². The predicted molar refractivity (Wildman–Crippen MR) is 66.6 cm³/mol. The van der Waals surface area contributed by atoms with E-state index >= 15 is 0 Å². The average Bonchev–Trinajstić information content (AvgIpc) is 2.64. The van der Waals surface area contributed by atoms with E-state index in [-0.39, 0.29) is 5.91 Å². The second-order valence-corrected chi connectivity index (χ2v) is 4.99. The molecule has 3 rings (SSSR count). The van der Waals surface area contributed by atoms with Crippen LogP contribution in [0.15, 0.2) is 29.3 Å². The highest BCUT2D eigenvalue weighted by molar-refractivity contribution is 7.82. The molecule has 1 fully saturated rings. The largest absolute Gasteiger partial charge is 0.319 e. The number of carbonyl (C=O) groups is 1. The summed E-state index contributed by atoms with van der Waals surface area (Å²) in [7, 11) is 0. The molecule has 0 saturated carbocycles. The van der Waals surface area contributed by atoms with Crippen LogP contribution in [0.4, 0.5) is 5.69 Å². The first-order chi connectivity index (χ1) is 7.71. The molecule has 82 valence electrons. The number of rotatable bonds is 0. The van der Waals surface area contributed by atoms with E-state index in [0.717, 1.165) is 25.1 Å². The van der Waals surface area contributed by atoms with Crippen molar-refractivity contribution in [1.29, 1.82) is 0 Å². The number of nitrogens with zero attached hydrogens (tertiary/aromatic N) is 2.